The van der Waals surface area contributed by atoms with Crippen LogP contribution >= 0.6 is 0 Å². The molecule has 0 saturated carbocycles. The molecule has 2 fully saturated rings. The molecule has 2 rings (SSSR count). The maximum Gasteiger partial charge on any atom is 0.0323 e. The van der Waals surface area contributed by atoms with Crippen LogP contribution in [0.4, 0.5) is 0 Å². The van der Waals surface area contributed by atoms with Gasteiger partial charge < -0.3 is 15.5 Å². The number of rotatable bonds is 5. The lowest BCUT2D eigenvalue weighted by atomic mass is 9.98. The highest BCUT2D eigenvalue weighted by Gasteiger charge is 2.32. The van der Waals surface area contributed by atoms with Gasteiger partial charge >= 0.3 is 0 Å². The van der Waals surface area contributed by atoms with E-state index in [1.165, 1.54) is 39.0 Å². The minimum absolute atomic E-state index is 0.744. The summed E-state index contributed by atoms with van der Waals surface area (Å²) >= 11 is 0. The van der Waals surface area contributed by atoms with E-state index in [0.29, 0.717) is 0 Å². The minimum Gasteiger partial charge on any atom is -0.318 e. The molecule has 4 heteroatoms. The van der Waals surface area contributed by atoms with Crippen LogP contribution in [0.3, 0.4) is 0 Å². The van der Waals surface area contributed by atoms with Gasteiger partial charge in [0.15, 0.2) is 0 Å². The van der Waals surface area contributed by atoms with Crippen molar-refractivity contribution in [3.05, 3.63) is 0 Å². The Kier molecular flexibility index (Phi) is 4.58. The number of hydrogen-bond acceptors (Lipinski definition) is 4. The van der Waals surface area contributed by atoms with Gasteiger partial charge in [0.1, 0.15) is 0 Å². The van der Waals surface area contributed by atoms with Crippen LogP contribution < -0.4 is 10.6 Å². The van der Waals surface area contributed by atoms with E-state index in [9.17, 15) is 0 Å². The molecule has 16 heavy (non-hydrogen) atoms. The molecule has 0 aromatic carbocycles. The van der Waals surface area contributed by atoms with Gasteiger partial charge in [-0.1, -0.05) is 0 Å². The van der Waals surface area contributed by atoms with Gasteiger partial charge in [0.2, 0.25) is 0 Å². The van der Waals surface area contributed by atoms with Gasteiger partial charge in [-0.3, -0.25) is 4.90 Å². The molecule has 2 saturated heterocycles. The van der Waals surface area contributed by atoms with E-state index in [1.807, 2.05) is 7.05 Å². The molecule has 0 aliphatic carbocycles. The minimum atomic E-state index is 0.744. The molecule has 2 heterocycles. The van der Waals surface area contributed by atoms with Crippen molar-refractivity contribution in [3.8, 4) is 0 Å². The zero-order chi connectivity index (χ0) is 11.4. The number of piperidine rings is 1. The normalized spacial score (nSPS) is 25.9. The number of likely N-dealkylation sites (N-methyl/N-ethyl adjacent to an activating group) is 1. The highest BCUT2D eigenvalue weighted by molar-refractivity contribution is 4.91. The number of nitrogens with one attached hydrogen (secondary N) is 2. The second-order valence-corrected chi connectivity index (χ2v) is 5.24. The fourth-order valence-corrected chi connectivity index (χ4v) is 2.70. The molecule has 0 radical (unpaired) electrons. The molecule has 2 aliphatic rings. The average Bonchev–Trinajstić information content (AvgIpc) is 2.23. The van der Waals surface area contributed by atoms with Crippen LogP contribution in [0.2, 0.25) is 0 Å². The first kappa shape index (κ1) is 12.3. The average molecular weight is 226 g/mol. The molecule has 2 N–H and O–H groups in total. The van der Waals surface area contributed by atoms with E-state index >= 15 is 0 Å². The van der Waals surface area contributed by atoms with Crippen LogP contribution in [0.15, 0.2) is 0 Å². The Morgan fingerprint density at radius 3 is 2.44 bits per heavy atom. The van der Waals surface area contributed by atoms with Gasteiger partial charge in [0.25, 0.3) is 0 Å². The maximum absolute atomic E-state index is 3.58. The van der Waals surface area contributed by atoms with Crippen LogP contribution in [0.25, 0.3) is 0 Å². The number of likely N-dealkylation sites (tertiary alicyclic amines) is 2. The van der Waals surface area contributed by atoms with Crippen LogP contribution in [0, 0.1) is 0 Å². The maximum atomic E-state index is 3.58. The Morgan fingerprint density at radius 2 is 1.81 bits per heavy atom. The zero-order valence-electron chi connectivity index (χ0n) is 10.7. The third-order valence-electron chi connectivity index (χ3n) is 3.92. The van der Waals surface area contributed by atoms with Crippen LogP contribution in [0.1, 0.15) is 12.8 Å². The van der Waals surface area contributed by atoms with Gasteiger partial charge in [0.05, 0.1) is 0 Å². The Bertz CT molecular complexity index is 195. The Labute approximate surface area is 99.4 Å². The monoisotopic (exact) mass is 226 g/mol. The third-order valence-corrected chi connectivity index (χ3v) is 3.92. The van der Waals surface area contributed by atoms with Gasteiger partial charge in [-0.05, 0) is 40.0 Å². The summed E-state index contributed by atoms with van der Waals surface area (Å²) in [6, 6.07) is 1.60. The summed E-state index contributed by atoms with van der Waals surface area (Å²) < 4.78 is 0. The predicted octanol–water partition coefficient (Wildman–Crippen LogP) is -0.426. The molecule has 0 aromatic heterocycles. The van der Waals surface area contributed by atoms with E-state index in [2.05, 4.69) is 27.5 Å². The largest absolute Gasteiger partial charge is 0.318 e. The second-order valence-electron chi connectivity index (χ2n) is 5.24. The van der Waals surface area contributed by atoms with E-state index in [-0.39, 0.29) is 0 Å². The van der Waals surface area contributed by atoms with E-state index < -0.39 is 0 Å². The van der Waals surface area contributed by atoms with Crippen molar-refractivity contribution in [2.75, 3.05) is 53.4 Å². The molecular weight excluding hydrogens is 200 g/mol. The lowest BCUT2D eigenvalue weighted by molar-refractivity contribution is 0.0423. The quantitative estimate of drug-likeness (QED) is 0.623. The SMILES string of the molecule is CNCCNC1CN(C2CCN(C)CC2)C1. The first-order valence-corrected chi connectivity index (χ1v) is 6.60. The van der Waals surface area contributed by atoms with E-state index in [0.717, 1.165) is 25.2 Å². The summed E-state index contributed by atoms with van der Waals surface area (Å²) in [6.45, 7) is 7.25. The van der Waals surface area contributed by atoms with Crippen molar-refractivity contribution in [3.63, 3.8) is 0 Å². The van der Waals surface area contributed by atoms with Crippen molar-refractivity contribution >= 4 is 0 Å². The van der Waals surface area contributed by atoms with E-state index in [4.69, 9.17) is 0 Å². The van der Waals surface area contributed by atoms with Gasteiger partial charge in [-0.2, -0.15) is 0 Å². The molecule has 0 unspecified atom stereocenters. The Hall–Kier alpha value is -0.160. The molecule has 0 aromatic rings. The highest BCUT2D eigenvalue weighted by atomic mass is 15.3. The summed E-state index contributed by atoms with van der Waals surface area (Å²) in [5.74, 6) is 0. The first-order chi connectivity index (χ1) is 7.79. The molecule has 2 aliphatic heterocycles. The van der Waals surface area contributed by atoms with Crippen molar-refractivity contribution < 1.29 is 0 Å². The lowest BCUT2D eigenvalue weighted by Crippen LogP contribution is -2.62. The summed E-state index contributed by atoms with van der Waals surface area (Å²) in [6.07, 6.45) is 2.72. The molecule has 0 bridgehead atoms. The molecule has 0 atom stereocenters. The van der Waals surface area contributed by atoms with Crippen LogP contribution in [-0.4, -0.2) is 75.2 Å². The molecule has 94 valence electrons. The topological polar surface area (TPSA) is 30.5 Å². The van der Waals surface area contributed by atoms with Crippen LogP contribution in [-0.2, 0) is 0 Å². The summed E-state index contributed by atoms with van der Waals surface area (Å²) in [5, 5.41) is 6.75. The first-order valence-electron chi connectivity index (χ1n) is 6.60. The highest BCUT2D eigenvalue weighted by Crippen LogP contribution is 2.20. The van der Waals surface area contributed by atoms with Crippen molar-refractivity contribution in [2.45, 2.75) is 24.9 Å². The van der Waals surface area contributed by atoms with Crippen molar-refractivity contribution in [2.24, 2.45) is 0 Å². The van der Waals surface area contributed by atoms with Gasteiger partial charge in [0, 0.05) is 38.3 Å². The molecule has 0 amide bonds. The summed E-state index contributed by atoms with van der Waals surface area (Å²) in [4.78, 5) is 5.10. The van der Waals surface area contributed by atoms with E-state index in [1.54, 1.807) is 0 Å². The number of hydrogen-bond donors (Lipinski definition) is 2. The van der Waals surface area contributed by atoms with Crippen LogP contribution in [0.5, 0.6) is 0 Å². The lowest BCUT2D eigenvalue weighted by Gasteiger charge is -2.47. The van der Waals surface area contributed by atoms with Crippen molar-refractivity contribution in [1.29, 1.82) is 0 Å². The fraction of sp³-hybridized carbons (Fsp3) is 1.00. The summed E-state index contributed by atoms with van der Waals surface area (Å²) in [7, 11) is 4.24. The summed E-state index contributed by atoms with van der Waals surface area (Å²) in [5.41, 5.74) is 0. The molecule has 4 nitrogen and oxygen atoms in total. The third kappa shape index (κ3) is 3.17. The second kappa shape index (κ2) is 5.96. The van der Waals surface area contributed by atoms with Gasteiger partial charge in [-0.15, -0.1) is 0 Å². The predicted molar refractivity (Wildman–Crippen MR) is 67.8 cm³/mol. The zero-order valence-corrected chi connectivity index (χ0v) is 10.7. The fourth-order valence-electron chi connectivity index (χ4n) is 2.70. The Morgan fingerprint density at radius 1 is 1.12 bits per heavy atom. The smallest absolute Gasteiger partial charge is 0.0323 e. The van der Waals surface area contributed by atoms with Gasteiger partial charge in [-0.25, -0.2) is 0 Å². The number of nitrogens with zero attached hydrogens (tertiary/aromatic N) is 2. The molecular formula is C12H26N4. The molecule has 0 spiro atoms. The Balaban J connectivity index is 1.57. The van der Waals surface area contributed by atoms with Crippen molar-refractivity contribution in [1.82, 2.24) is 20.4 Å². The standard InChI is InChI=1S/C12H26N4/c1-13-5-6-14-11-9-16(10-11)12-3-7-15(2)8-4-12/h11-14H,3-10H2,1-2H3.